The Morgan fingerprint density at radius 1 is 1.64 bits per heavy atom. The van der Waals surface area contributed by atoms with Gasteiger partial charge >= 0.3 is 0 Å². The second-order valence-electron chi connectivity index (χ2n) is 5.13. The van der Waals surface area contributed by atoms with Crippen LogP contribution in [0.3, 0.4) is 0 Å². The molecule has 78 valence electrons. The average molecular weight is 209 g/mol. The van der Waals surface area contributed by atoms with Crippen LogP contribution in [-0.2, 0) is 6.42 Å². The van der Waals surface area contributed by atoms with Gasteiger partial charge in [0.05, 0.1) is 0 Å². The minimum atomic E-state index is 0.407. The first-order valence-electron chi connectivity index (χ1n) is 5.36. The molecule has 0 spiro atoms. The molecule has 1 aliphatic carbocycles. The first kappa shape index (κ1) is 10.2. The Morgan fingerprint density at radius 2 is 2.36 bits per heavy atom. The molecule has 2 heteroatoms. The Balaban J connectivity index is 1.77. The van der Waals surface area contributed by atoms with E-state index in [1.165, 1.54) is 12.0 Å². The van der Waals surface area contributed by atoms with Gasteiger partial charge in [-0.25, -0.2) is 0 Å². The molecule has 1 fully saturated rings. The molecule has 2 unspecified atom stereocenters. The Hall–Kier alpha value is -0.340. The van der Waals surface area contributed by atoms with E-state index < -0.39 is 0 Å². The maximum Gasteiger partial charge on any atom is 0.00756 e. The number of hydrogen-bond acceptors (Lipinski definition) is 2. The predicted octanol–water partition coefficient (Wildman–Crippen LogP) is 3.05. The zero-order valence-corrected chi connectivity index (χ0v) is 9.81. The Kier molecular flexibility index (Phi) is 2.67. The zero-order chi connectivity index (χ0) is 10.2. The maximum absolute atomic E-state index is 6.17. The molecule has 2 rings (SSSR count). The molecule has 0 amide bonds. The first-order chi connectivity index (χ1) is 6.59. The van der Waals surface area contributed by atoms with E-state index in [0.717, 1.165) is 18.8 Å². The highest BCUT2D eigenvalue weighted by Gasteiger charge is 2.48. The Labute approximate surface area is 90.3 Å². The molecule has 1 heterocycles. The van der Waals surface area contributed by atoms with Gasteiger partial charge in [-0.2, -0.15) is 11.3 Å². The van der Waals surface area contributed by atoms with Gasteiger partial charge < -0.3 is 5.73 Å². The van der Waals surface area contributed by atoms with Crippen molar-refractivity contribution in [3.63, 3.8) is 0 Å². The van der Waals surface area contributed by atoms with Gasteiger partial charge in [0, 0.05) is 6.04 Å². The van der Waals surface area contributed by atoms with Crippen LogP contribution in [0.1, 0.15) is 32.3 Å². The molecule has 1 aromatic rings. The molecule has 1 aromatic heterocycles. The third-order valence-electron chi connectivity index (χ3n) is 3.45. The lowest BCUT2D eigenvalue weighted by atomic mass is 9.99. The van der Waals surface area contributed by atoms with Crippen molar-refractivity contribution in [2.24, 2.45) is 17.1 Å². The lowest BCUT2D eigenvalue weighted by Crippen LogP contribution is -2.25. The van der Waals surface area contributed by atoms with Gasteiger partial charge in [0.25, 0.3) is 0 Å². The van der Waals surface area contributed by atoms with Gasteiger partial charge in [0.2, 0.25) is 0 Å². The van der Waals surface area contributed by atoms with Crippen molar-refractivity contribution in [3.8, 4) is 0 Å². The van der Waals surface area contributed by atoms with Gasteiger partial charge in [0.1, 0.15) is 0 Å². The zero-order valence-electron chi connectivity index (χ0n) is 8.99. The van der Waals surface area contributed by atoms with Gasteiger partial charge in [-0.05, 0) is 53.0 Å². The van der Waals surface area contributed by atoms with E-state index in [1.54, 1.807) is 11.3 Å². The largest absolute Gasteiger partial charge is 0.327 e. The van der Waals surface area contributed by atoms with Crippen LogP contribution in [0.5, 0.6) is 0 Å². The van der Waals surface area contributed by atoms with E-state index in [0.29, 0.717) is 11.5 Å². The van der Waals surface area contributed by atoms with Gasteiger partial charge in [0.15, 0.2) is 0 Å². The summed E-state index contributed by atoms with van der Waals surface area (Å²) in [5.41, 5.74) is 8.14. The van der Waals surface area contributed by atoms with Crippen molar-refractivity contribution in [1.29, 1.82) is 0 Å². The van der Waals surface area contributed by atoms with Crippen molar-refractivity contribution in [2.45, 2.75) is 39.2 Å². The summed E-state index contributed by atoms with van der Waals surface area (Å²) < 4.78 is 0. The average Bonchev–Trinajstić information content (AvgIpc) is 2.61. The summed E-state index contributed by atoms with van der Waals surface area (Å²) in [7, 11) is 0. The predicted molar refractivity (Wildman–Crippen MR) is 62.5 cm³/mol. The van der Waals surface area contributed by atoms with Crippen molar-refractivity contribution in [3.05, 3.63) is 22.4 Å². The lowest BCUT2D eigenvalue weighted by Gasteiger charge is -2.12. The van der Waals surface area contributed by atoms with Crippen molar-refractivity contribution >= 4 is 11.3 Å². The fourth-order valence-corrected chi connectivity index (χ4v) is 2.91. The van der Waals surface area contributed by atoms with E-state index in [2.05, 4.69) is 30.7 Å². The summed E-state index contributed by atoms with van der Waals surface area (Å²) in [5.74, 6) is 0.765. The second-order valence-corrected chi connectivity index (χ2v) is 5.91. The molecule has 2 atom stereocenters. The van der Waals surface area contributed by atoms with E-state index in [9.17, 15) is 0 Å². The summed E-state index contributed by atoms with van der Waals surface area (Å²) >= 11 is 1.77. The summed E-state index contributed by atoms with van der Waals surface area (Å²) in [5, 5.41) is 4.37. The molecule has 1 nitrogen and oxygen atoms in total. The molecule has 0 bridgehead atoms. The van der Waals surface area contributed by atoms with Crippen LogP contribution in [0.2, 0.25) is 0 Å². The highest BCUT2D eigenvalue weighted by Crippen LogP contribution is 2.53. The van der Waals surface area contributed by atoms with Crippen LogP contribution in [-0.4, -0.2) is 6.04 Å². The summed E-state index contributed by atoms with van der Waals surface area (Å²) in [4.78, 5) is 0. The van der Waals surface area contributed by atoms with Crippen molar-refractivity contribution in [2.75, 3.05) is 0 Å². The van der Waals surface area contributed by atoms with Crippen molar-refractivity contribution < 1.29 is 0 Å². The maximum atomic E-state index is 6.17. The standard InChI is InChI=1S/C12H19NS/c1-12(2)7-10(12)11(13)4-3-9-5-6-14-8-9/h5-6,8,10-11H,3-4,7,13H2,1-2H3. The van der Waals surface area contributed by atoms with E-state index in [1.807, 2.05) is 0 Å². The third-order valence-corrected chi connectivity index (χ3v) is 4.18. The first-order valence-corrected chi connectivity index (χ1v) is 6.30. The molecular weight excluding hydrogens is 190 g/mol. The molecule has 0 aliphatic heterocycles. The number of nitrogens with two attached hydrogens (primary N) is 1. The molecule has 0 aromatic carbocycles. The highest BCUT2D eigenvalue weighted by atomic mass is 32.1. The van der Waals surface area contributed by atoms with Crippen LogP contribution in [0.4, 0.5) is 0 Å². The van der Waals surface area contributed by atoms with Gasteiger partial charge in [-0.3, -0.25) is 0 Å². The van der Waals surface area contributed by atoms with Crippen LogP contribution < -0.4 is 5.73 Å². The van der Waals surface area contributed by atoms with Gasteiger partial charge in [-0.15, -0.1) is 0 Å². The fourth-order valence-electron chi connectivity index (χ4n) is 2.21. The lowest BCUT2D eigenvalue weighted by molar-refractivity contribution is 0.458. The molecule has 0 radical (unpaired) electrons. The third kappa shape index (κ3) is 2.18. The minimum absolute atomic E-state index is 0.407. The summed E-state index contributed by atoms with van der Waals surface area (Å²) in [6, 6.07) is 2.61. The molecule has 1 saturated carbocycles. The quantitative estimate of drug-likeness (QED) is 0.810. The topological polar surface area (TPSA) is 26.0 Å². The SMILES string of the molecule is CC1(C)CC1C(N)CCc1ccsc1. The fraction of sp³-hybridized carbons (Fsp3) is 0.667. The highest BCUT2D eigenvalue weighted by molar-refractivity contribution is 7.07. The normalized spacial score (nSPS) is 26.1. The van der Waals surface area contributed by atoms with E-state index >= 15 is 0 Å². The summed E-state index contributed by atoms with van der Waals surface area (Å²) in [6.45, 7) is 4.64. The Morgan fingerprint density at radius 3 is 2.86 bits per heavy atom. The van der Waals surface area contributed by atoms with Crippen LogP contribution >= 0.6 is 11.3 Å². The van der Waals surface area contributed by atoms with Crippen LogP contribution in [0.15, 0.2) is 16.8 Å². The van der Waals surface area contributed by atoms with E-state index in [-0.39, 0.29) is 0 Å². The van der Waals surface area contributed by atoms with Crippen LogP contribution in [0.25, 0.3) is 0 Å². The molecule has 14 heavy (non-hydrogen) atoms. The number of hydrogen-bond donors (Lipinski definition) is 1. The number of rotatable bonds is 4. The summed E-state index contributed by atoms with van der Waals surface area (Å²) in [6.07, 6.45) is 3.61. The second kappa shape index (κ2) is 3.67. The smallest absolute Gasteiger partial charge is 0.00756 e. The number of aryl methyl sites for hydroxylation is 1. The number of thiophene rings is 1. The monoisotopic (exact) mass is 209 g/mol. The molecule has 2 N–H and O–H groups in total. The molecular formula is C12H19NS. The van der Waals surface area contributed by atoms with Crippen molar-refractivity contribution in [1.82, 2.24) is 0 Å². The van der Waals surface area contributed by atoms with Crippen LogP contribution in [0, 0.1) is 11.3 Å². The molecule has 0 saturated heterocycles. The Bertz CT molecular complexity index is 289. The van der Waals surface area contributed by atoms with E-state index in [4.69, 9.17) is 5.73 Å². The minimum Gasteiger partial charge on any atom is -0.327 e. The van der Waals surface area contributed by atoms with Gasteiger partial charge in [-0.1, -0.05) is 13.8 Å². The molecule has 1 aliphatic rings.